The van der Waals surface area contributed by atoms with Gasteiger partial charge in [0.1, 0.15) is 0 Å². The lowest BCUT2D eigenvalue weighted by Gasteiger charge is -2.35. The molecule has 1 aliphatic rings. The third kappa shape index (κ3) is 2.74. The van der Waals surface area contributed by atoms with Crippen LogP contribution in [0, 0.1) is 13.8 Å². The van der Waals surface area contributed by atoms with Crippen LogP contribution in [0.3, 0.4) is 0 Å². The second-order valence-corrected chi connectivity index (χ2v) is 6.99. The van der Waals surface area contributed by atoms with E-state index < -0.39 is 0 Å². The molecule has 0 spiro atoms. The largest absolute Gasteiger partial charge is 0.338 e. The third-order valence-corrected chi connectivity index (χ3v) is 5.52. The second-order valence-electron chi connectivity index (χ2n) is 6.99. The molecule has 1 aromatic carbocycles. The molecule has 0 bridgehead atoms. The van der Waals surface area contributed by atoms with Crippen molar-refractivity contribution in [3.63, 3.8) is 0 Å². The van der Waals surface area contributed by atoms with Crippen LogP contribution < -0.4 is 0 Å². The van der Waals surface area contributed by atoms with E-state index in [4.69, 9.17) is 0 Å². The zero-order valence-corrected chi connectivity index (χ0v) is 15.3. The Morgan fingerprint density at radius 3 is 2.71 bits per heavy atom. The number of rotatable bonds is 3. The highest BCUT2D eigenvalue weighted by Gasteiger charge is 2.31. The summed E-state index contributed by atoms with van der Waals surface area (Å²) in [5, 5.41) is 4.47. The van der Waals surface area contributed by atoms with Crippen molar-refractivity contribution in [2.75, 3.05) is 7.05 Å². The van der Waals surface area contributed by atoms with E-state index in [0.717, 1.165) is 36.2 Å². The van der Waals surface area contributed by atoms with Crippen LogP contribution in [0.2, 0.25) is 0 Å². The first-order valence-corrected chi connectivity index (χ1v) is 8.76. The molecule has 1 aliphatic carbocycles. The molecule has 3 rings (SSSR count). The quantitative estimate of drug-likeness (QED) is 0.863. The molecule has 0 fully saturated rings. The van der Waals surface area contributed by atoms with Gasteiger partial charge in [0.05, 0.1) is 17.7 Å². The van der Waals surface area contributed by atoms with E-state index >= 15 is 0 Å². The molecule has 1 heterocycles. The Kier molecular flexibility index (Phi) is 4.48. The SMILES string of the molecule is Cc1nn(C)c(C)c1[C@H](C)C(=O)N(C)[C@@H]1CCCc2ccccc21. The number of carbonyl (C=O) groups is 1. The Morgan fingerprint density at radius 1 is 1.33 bits per heavy atom. The fourth-order valence-electron chi connectivity index (χ4n) is 4.13. The maximum Gasteiger partial charge on any atom is 0.230 e. The second kappa shape index (κ2) is 6.42. The molecule has 4 heteroatoms. The summed E-state index contributed by atoms with van der Waals surface area (Å²) in [5.41, 5.74) is 5.79. The summed E-state index contributed by atoms with van der Waals surface area (Å²) in [6.45, 7) is 6.03. The molecule has 4 nitrogen and oxygen atoms in total. The highest BCUT2D eigenvalue weighted by molar-refractivity contribution is 5.84. The Morgan fingerprint density at radius 2 is 2.04 bits per heavy atom. The van der Waals surface area contributed by atoms with Crippen LogP contribution in [-0.4, -0.2) is 27.6 Å². The van der Waals surface area contributed by atoms with E-state index in [1.54, 1.807) is 0 Å². The van der Waals surface area contributed by atoms with Gasteiger partial charge in [-0.2, -0.15) is 5.10 Å². The van der Waals surface area contributed by atoms with Gasteiger partial charge in [0, 0.05) is 25.4 Å². The van der Waals surface area contributed by atoms with Gasteiger partial charge in [-0.15, -0.1) is 0 Å². The maximum absolute atomic E-state index is 13.2. The van der Waals surface area contributed by atoms with Crippen molar-refractivity contribution < 1.29 is 4.79 Å². The minimum Gasteiger partial charge on any atom is -0.338 e. The van der Waals surface area contributed by atoms with Gasteiger partial charge >= 0.3 is 0 Å². The van der Waals surface area contributed by atoms with E-state index in [1.165, 1.54) is 11.1 Å². The molecule has 0 saturated heterocycles. The van der Waals surface area contributed by atoms with Gasteiger partial charge in [-0.3, -0.25) is 9.48 Å². The highest BCUT2D eigenvalue weighted by Crippen LogP contribution is 2.35. The fourth-order valence-corrected chi connectivity index (χ4v) is 4.13. The first-order valence-electron chi connectivity index (χ1n) is 8.76. The Balaban J connectivity index is 1.88. The Bertz CT molecular complexity index is 762. The summed E-state index contributed by atoms with van der Waals surface area (Å²) in [4.78, 5) is 15.1. The first-order chi connectivity index (χ1) is 11.4. The van der Waals surface area contributed by atoms with Crippen molar-refractivity contribution in [3.8, 4) is 0 Å². The summed E-state index contributed by atoms with van der Waals surface area (Å²) < 4.78 is 1.87. The van der Waals surface area contributed by atoms with Crippen LogP contribution in [0.25, 0.3) is 0 Å². The van der Waals surface area contributed by atoms with Crippen LogP contribution >= 0.6 is 0 Å². The number of aromatic nitrogens is 2. The van der Waals surface area contributed by atoms with E-state index in [1.807, 2.05) is 44.4 Å². The predicted octanol–water partition coefficient (Wildman–Crippen LogP) is 3.68. The Hall–Kier alpha value is -2.10. The summed E-state index contributed by atoms with van der Waals surface area (Å²) in [5.74, 6) is 0.00805. The lowest BCUT2D eigenvalue weighted by molar-refractivity contribution is -0.133. The van der Waals surface area contributed by atoms with Crippen molar-refractivity contribution in [1.82, 2.24) is 14.7 Å². The standard InChI is InChI=1S/C20H27N3O/c1-13(19-14(2)21-23(5)15(19)3)20(24)22(4)18-12-8-10-16-9-6-7-11-17(16)18/h6-7,9,11,13,18H,8,10,12H2,1-5H3/t13-,18+/m0/s1. The summed E-state index contributed by atoms with van der Waals surface area (Å²) in [6, 6.07) is 8.72. The number of aryl methyl sites for hydroxylation is 3. The van der Waals surface area contributed by atoms with Gasteiger partial charge in [0.25, 0.3) is 0 Å². The van der Waals surface area contributed by atoms with Crippen LogP contribution in [0.5, 0.6) is 0 Å². The molecule has 2 atom stereocenters. The highest BCUT2D eigenvalue weighted by atomic mass is 16.2. The van der Waals surface area contributed by atoms with E-state index in [0.29, 0.717) is 0 Å². The molecule has 0 unspecified atom stereocenters. The van der Waals surface area contributed by atoms with Gasteiger partial charge in [-0.25, -0.2) is 0 Å². The Labute approximate surface area is 144 Å². The predicted molar refractivity (Wildman–Crippen MR) is 96.0 cm³/mol. The van der Waals surface area contributed by atoms with Crippen LogP contribution in [0.4, 0.5) is 0 Å². The van der Waals surface area contributed by atoms with E-state index in [9.17, 15) is 4.79 Å². The third-order valence-electron chi connectivity index (χ3n) is 5.52. The number of hydrogen-bond acceptors (Lipinski definition) is 2. The van der Waals surface area contributed by atoms with E-state index in [-0.39, 0.29) is 17.9 Å². The van der Waals surface area contributed by atoms with Crippen molar-refractivity contribution in [2.45, 2.75) is 52.0 Å². The zero-order valence-electron chi connectivity index (χ0n) is 15.3. The molecule has 0 radical (unpaired) electrons. The van der Waals surface area contributed by atoms with Crippen molar-refractivity contribution in [1.29, 1.82) is 0 Å². The lowest BCUT2D eigenvalue weighted by Crippen LogP contribution is -2.36. The number of hydrogen-bond donors (Lipinski definition) is 0. The van der Waals surface area contributed by atoms with Crippen LogP contribution in [0.1, 0.15) is 59.8 Å². The number of nitrogens with zero attached hydrogens (tertiary/aromatic N) is 3. The molecular weight excluding hydrogens is 298 g/mol. The van der Waals surface area contributed by atoms with Crippen molar-refractivity contribution in [2.24, 2.45) is 7.05 Å². The van der Waals surface area contributed by atoms with Gasteiger partial charge in [-0.1, -0.05) is 24.3 Å². The number of carbonyl (C=O) groups excluding carboxylic acids is 1. The summed E-state index contributed by atoms with van der Waals surface area (Å²) >= 11 is 0. The van der Waals surface area contributed by atoms with Crippen LogP contribution in [0.15, 0.2) is 24.3 Å². The number of fused-ring (bicyclic) bond motifs is 1. The van der Waals surface area contributed by atoms with E-state index in [2.05, 4.69) is 29.4 Å². The van der Waals surface area contributed by atoms with Gasteiger partial charge in [0.15, 0.2) is 0 Å². The van der Waals surface area contributed by atoms with Crippen molar-refractivity contribution in [3.05, 3.63) is 52.3 Å². The summed E-state index contributed by atoms with van der Waals surface area (Å²) in [7, 11) is 3.89. The van der Waals surface area contributed by atoms with Gasteiger partial charge in [-0.05, 0) is 51.2 Å². The average molecular weight is 325 g/mol. The molecule has 1 aromatic heterocycles. The average Bonchev–Trinajstić information content (AvgIpc) is 2.84. The molecular formula is C20H27N3O. The number of likely N-dealkylation sites (N-methyl/N-ethyl adjacent to an activating group) is 1. The lowest BCUT2D eigenvalue weighted by atomic mass is 9.86. The van der Waals surface area contributed by atoms with Gasteiger partial charge < -0.3 is 4.90 Å². The molecule has 128 valence electrons. The van der Waals surface area contributed by atoms with Gasteiger partial charge in [0.2, 0.25) is 5.91 Å². The number of benzene rings is 1. The topological polar surface area (TPSA) is 38.1 Å². The molecule has 0 aliphatic heterocycles. The maximum atomic E-state index is 13.2. The van der Waals surface area contributed by atoms with Crippen molar-refractivity contribution >= 4 is 5.91 Å². The molecule has 0 saturated carbocycles. The molecule has 24 heavy (non-hydrogen) atoms. The normalized spacial score (nSPS) is 18.1. The smallest absolute Gasteiger partial charge is 0.230 e. The monoisotopic (exact) mass is 325 g/mol. The fraction of sp³-hybridized carbons (Fsp3) is 0.500. The number of amides is 1. The molecule has 0 N–H and O–H groups in total. The zero-order chi connectivity index (χ0) is 17.4. The minimum absolute atomic E-state index is 0.169. The minimum atomic E-state index is -0.169. The molecule has 1 amide bonds. The summed E-state index contributed by atoms with van der Waals surface area (Å²) in [6.07, 6.45) is 3.29. The van der Waals surface area contributed by atoms with Crippen LogP contribution in [-0.2, 0) is 18.3 Å². The molecule has 2 aromatic rings. The first kappa shape index (κ1) is 16.7.